The Kier molecular flexibility index (Phi) is 2.58. The van der Waals surface area contributed by atoms with Crippen LogP contribution in [-0.4, -0.2) is 16.1 Å². The Morgan fingerprint density at radius 2 is 2.00 bits per heavy atom. The lowest BCUT2D eigenvalue weighted by Gasteiger charge is -2.08. The summed E-state index contributed by atoms with van der Waals surface area (Å²) in [6, 6.07) is 0. The van der Waals surface area contributed by atoms with E-state index in [2.05, 4.69) is 4.98 Å². The molecule has 80 valence electrons. The fourth-order valence-electron chi connectivity index (χ4n) is 2.20. The summed E-state index contributed by atoms with van der Waals surface area (Å²) in [4.78, 5) is 25.3. The average Bonchev–Trinajstić information content (AvgIpc) is 2.70. The van der Waals surface area contributed by atoms with Crippen LogP contribution in [0.15, 0.2) is 17.2 Å². The van der Waals surface area contributed by atoms with Gasteiger partial charge in [-0.25, -0.2) is 4.79 Å². The van der Waals surface area contributed by atoms with Crippen molar-refractivity contribution >= 4 is 5.97 Å². The van der Waals surface area contributed by atoms with Gasteiger partial charge in [-0.3, -0.25) is 4.79 Å². The van der Waals surface area contributed by atoms with Crippen molar-refractivity contribution in [2.75, 3.05) is 0 Å². The molecule has 0 unspecified atom stereocenters. The molecule has 4 nitrogen and oxygen atoms in total. The van der Waals surface area contributed by atoms with E-state index in [1.54, 1.807) is 6.20 Å². The van der Waals surface area contributed by atoms with Gasteiger partial charge < -0.3 is 10.1 Å². The molecule has 1 saturated carbocycles. The van der Waals surface area contributed by atoms with Crippen molar-refractivity contribution in [2.45, 2.75) is 31.6 Å². The Morgan fingerprint density at radius 3 is 2.60 bits per heavy atom. The molecule has 0 radical (unpaired) electrons. The van der Waals surface area contributed by atoms with Gasteiger partial charge in [0.15, 0.2) is 5.43 Å². The predicted octanol–water partition coefficient (Wildman–Crippen LogP) is 1.73. The molecule has 0 aromatic carbocycles. The molecule has 0 atom stereocenters. The number of aromatic nitrogens is 1. The van der Waals surface area contributed by atoms with Crippen LogP contribution in [0.25, 0.3) is 0 Å². The zero-order valence-electron chi connectivity index (χ0n) is 8.32. The molecular weight excluding hydrogens is 194 g/mol. The Morgan fingerprint density at radius 1 is 1.33 bits per heavy atom. The second kappa shape index (κ2) is 3.88. The van der Waals surface area contributed by atoms with Gasteiger partial charge in [0.25, 0.3) is 0 Å². The molecule has 4 heteroatoms. The molecular formula is C11H13NO3. The maximum atomic E-state index is 11.8. The van der Waals surface area contributed by atoms with E-state index in [-0.39, 0.29) is 16.9 Å². The van der Waals surface area contributed by atoms with Crippen molar-refractivity contribution in [3.8, 4) is 0 Å². The van der Waals surface area contributed by atoms with Crippen LogP contribution in [-0.2, 0) is 0 Å². The van der Waals surface area contributed by atoms with Crippen molar-refractivity contribution in [1.29, 1.82) is 0 Å². The number of hydrogen-bond donors (Lipinski definition) is 2. The zero-order chi connectivity index (χ0) is 10.8. The fourth-order valence-corrected chi connectivity index (χ4v) is 2.20. The number of nitrogens with one attached hydrogen (secondary N) is 1. The van der Waals surface area contributed by atoms with E-state index in [9.17, 15) is 9.59 Å². The van der Waals surface area contributed by atoms with Crippen LogP contribution >= 0.6 is 0 Å². The maximum Gasteiger partial charge on any atom is 0.341 e. The molecule has 2 N–H and O–H groups in total. The lowest BCUT2D eigenvalue weighted by atomic mass is 9.98. The molecule has 0 spiro atoms. The largest absolute Gasteiger partial charge is 0.477 e. The Bertz CT molecular complexity index is 430. The van der Waals surface area contributed by atoms with Crippen LogP contribution in [0, 0.1) is 0 Å². The van der Waals surface area contributed by atoms with Gasteiger partial charge in [-0.05, 0) is 18.8 Å². The normalized spacial score (nSPS) is 16.8. The molecule has 15 heavy (non-hydrogen) atoms. The van der Waals surface area contributed by atoms with Crippen molar-refractivity contribution in [2.24, 2.45) is 0 Å². The highest BCUT2D eigenvalue weighted by Gasteiger charge is 2.22. The minimum absolute atomic E-state index is 0.153. The van der Waals surface area contributed by atoms with E-state index in [1.165, 1.54) is 6.20 Å². The molecule has 1 aromatic rings. The summed E-state index contributed by atoms with van der Waals surface area (Å²) in [6.45, 7) is 0. The molecule has 1 aromatic heterocycles. The molecule has 1 aliphatic rings. The number of hydrogen-bond acceptors (Lipinski definition) is 2. The molecule has 0 bridgehead atoms. The molecule has 1 aliphatic carbocycles. The minimum atomic E-state index is -1.16. The third kappa shape index (κ3) is 1.79. The number of H-pyrrole nitrogens is 1. The smallest absolute Gasteiger partial charge is 0.341 e. The summed E-state index contributed by atoms with van der Waals surface area (Å²) in [7, 11) is 0. The number of carboxylic acid groups (broad SMARTS) is 1. The third-order valence-corrected chi connectivity index (χ3v) is 3.00. The highest BCUT2D eigenvalue weighted by molar-refractivity contribution is 5.87. The van der Waals surface area contributed by atoms with Crippen LogP contribution in [0.3, 0.4) is 0 Å². The summed E-state index contributed by atoms with van der Waals surface area (Å²) in [5.41, 5.74) is 0.153. The summed E-state index contributed by atoms with van der Waals surface area (Å²) < 4.78 is 0. The maximum absolute atomic E-state index is 11.8. The van der Waals surface area contributed by atoms with Crippen LogP contribution in [0.5, 0.6) is 0 Å². The second-order valence-corrected chi connectivity index (χ2v) is 3.94. The van der Waals surface area contributed by atoms with E-state index in [0.29, 0.717) is 5.56 Å². The number of carboxylic acids is 1. The zero-order valence-corrected chi connectivity index (χ0v) is 8.32. The number of pyridine rings is 1. The Hall–Kier alpha value is -1.58. The number of rotatable bonds is 2. The summed E-state index contributed by atoms with van der Waals surface area (Å²) in [5, 5.41) is 8.81. The van der Waals surface area contributed by atoms with Crippen LogP contribution in [0.1, 0.15) is 47.5 Å². The van der Waals surface area contributed by atoms with Crippen molar-refractivity contribution in [3.05, 3.63) is 33.7 Å². The summed E-state index contributed by atoms with van der Waals surface area (Å²) >= 11 is 0. The fraction of sp³-hybridized carbons (Fsp3) is 0.455. The van der Waals surface area contributed by atoms with E-state index < -0.39 is 5.97 Å². The van der Waals surface area contributed by atoms with Gasteiger partial charge in [-0.2, -0.15) is 0 Å². The van der Waals surface area contributed by atoms with Gasteiger partial charge in [0.05, 0.1) is 0 Å². The van der Waals surface area contributed by atoms with Crippen molar-refractivity contribution < 1.29 is 9.90 Å². The van der Waals surface area contributed by atoms with Gasteiger partial charge in [0.1, 0.15) is 5.56 Å². The second-order valence-electron chi connectivity index (χ2n) is 3.94. The van der Waals surface area contributed by atoms with E-state index >= 15 is 0 Å². The van der Waals surface area contributed by atoms with E-state index in [1.807, 2.05) is 0 Å². The van der Waals surface area contributed by atoms with Gasteiger partial charge in [0, 0.05) is 18.0 Å². The van der Waals surface area contributed by atoms with Crippen LogP contribution in [0.2, 0.25) is 0 Å². The average molecular weight is 207 g/mol. The standard InChI is InChI=1S/C11H13NO3/c13-10-8(7-3-1-2-4-7)5-12-6-9(10)11(14)15/h5-7H,1-4H2,(H,12,13)(H,14,15). The number of aromatic amines is 1. The van der Waals surface area contributed by atoms with E-state index in [4.69, 9.17) is 5.11 Å². The molecule has 2 rings (SSSR count). The Labute approximate surface area is 87.0 Å². The SMILES string of the molecule is O=C(O)c1c[nH]cc(C2CCCC2)c1=O. The third-order valence-electron chi connectivity index (χ3n) is 3.00. The molecule has 1 heterocycles. The Balaban J connectivity index is 2.44. The molecule has 0 amide bonds. The first kappa shape index (κ1) is 9.96. The van der Waals surface area contributed by atoms with Gasteiger partial charge in [-0.1, -0.05) is 12.8 Å². The lowest BCUT2D eigenvalue weighted by molar-refractivity contribution is 0.0695. The predicted molar refractivity (Wildman–Crippen MR) is 55.2 cm³/mol. The molecule has 0 saturated heterocycles. The van der Waals surface area contributed by atoms with Crippen molar-refractivity contribution in [1.82, 2.24) is 4.98 Å². The first-order valence-electron chi connectivity index (χ1n) is 5.14. The lowest BCUT2D eigenvalue weighted by Crippen LogP contribution is -2.20. The first-order chi connectivity index (χ1) is 7.20. The van der Waals surface area contributed by atoms with Crippen LogP contribution < -0.4 is 5.43 Å². The highest BCUT2D eigenvalue weighted by Crippen LogP contribution is 2.32. The summed E-state index contributed by atoms with van der Waals surface area (Å²) in [5.74, 6) is -0.913. The van der Waals surface area contributed by atoms with Gasteiger partial charge in [0.2, 0.25) is 0 Å². The topological polar surface area (TPSA) is 70.2 Å². The summed E-state index contributed by atoms with van der Waals surface area (Å²) in [6.07, 6.45) is 7.13. The number of aromatic carboxylic acids is 1. The van der Waals surface area contributed by atoms with E-state index in [0.717, 1.165) is 25.7 Å². The molecule has 1 fully saturated rings. The minimum Gasteiger partial charge on any atom is -0.477 e. The van der Waals surface area contributed by atoms with Gasteiger partial charge >= 0.3 is 5.97 Å². The van der Waals surface area contributed by atoms with Gasteiger partial charge in [-0.15, -0.1) is 0 Å². The number of carbonyl (C=O) groups is 1. The highest BCUT2D eigenvalue weighted by atomic mass is 16.4. The van der Waals surface area contributed by atoms with Crippen molar-refractivity contribution in [3.63, 3.8) is 0 Å². The molecule has 0 aliphatic heterocycles. The quantitative estimate of drug-likeness (QED) is 0.775. The first-order valence-corrected chi connectivity index (χ1v) is 5.14. The van der Waals surface area contributed by atoms with Crippen LogP contribution in [0.4, 0.5) is 0 Å². The monoisotopic (exact) mass is 207 g/mol.